The fourth-order valence-electron chi connectivity index (χ4n) is 4.56. The van der Waals surface area contributed by atoms with Gasteiger partial charge in [-0.2, -0.15) is 4.57 Å². The highest BCUT2D eigenvalue weighted by Crippen LogP contribution is 2.23. The fraction of sp³-hybridized carbons (Fsp3) is 0.333. The molecule has 0 aliphatic rings. The summed E-state index contributed by atoms with van der Waals surface area (Å²) in [6.45, 7) is 8.16. The van der Waals surface area contributed by atoms with E-state index in [1.807, 2.05) is 30.4 Å². The van der Waals surface area contributed by atoms with Gasteiger partial charge >= 0.3 is 5.63 Å². The highest BCUT2D eigenvalue weighted by atomic mass is 79.9. The summed E-state index contributed by atoms with van der Waals surface area (Å²) in [5.74, 6) is 0. The van der Waals surface area contributed by atoms with Crippen LogP contribution in [0.2, 0.25) is 0 Å². The Labute approximate surface area is 241 Å². The number of pyridine rings is 1. The Hall–Kier alpha value is -2.48. The van der Waals surface area contributed by atoms with Gasteiger partial charge in [0.25, 0.3) is 0 Å². The Morgan fingerprint density at radius 1 is 0.919 bits per heavy atom. The van der Waals surface area contributed by atoms with E-state index in [2.05, 4.69) is 87.1 Å². The van der Waals surface area contributed by atoms with Crippen molar-refractivity contribution in [3.8, 4) is 0 Å². The molecule has 2 aromatic heterocycles. The first-order chi connectivity index (χ1) is 16.8. The molecule has 0 bridgehead atoms. The maximum Gasteiger partial charge on any atom is 0.343 e. The van der Waals surface area contributed by atoms with Gasteiger partial charge in [-0.05, 0) is 49.8 Å². The molecule has 0 aliphatic carbocycles. The molecular weight excluding hydrogens is 594 g/mol. The summed E-state index contributed by atoms with van der Waals surface area (Å²) >= 11 is 0. The lowest BCUT2D eigenvalue weighted by atomic mass is 10.1. The molecule has 0 fully saturated rings. The molecule has 0 N–H and O–H groups in total. The molecule has 0 amide bonds. The second kappa shape index (κ2) is 13.4. The second-order valence-corrected chi connectivity index (χ2v) is 10.1. The van der Waals surface area contributed by atoms with E-state index < -0.39 is 0 Å². The smallest absolute Gasteiger partial charge is 0.343 e. The van der Waals surface area contributed by atoms with Crippen molar-refractivity contribution < 1.29 is 47.4 Å². The van der Waals surface area contributed by atoms with E-state index in [9.17, 15) is 4.79 Å². The van der Waals surface area contributed by atoms with Crippen molar-refractivity contribution in [1.29, 1.82) is 0 Å². The van der Waals surface area contributed by atoms with Crippen molar-refractivity contribution >= 4 is 39.7 Å². The number of anilines is 1. The van der Waals surface area contributed by atoms with Gasteiger partial charge in [0.2, 0.25) is 5.52 Å². The average molecular weight is 631 g/mol. The minimum atomic E-state index is -0.318. The maximum atomic E-state index is 12.8. The van der Waals surface area contributed by atoms with Gasteiger partial charge < -0.3 is 47.8 Å². The molecule has 0 saturated carbocycles. The number of aromatic nitrogens is 1. The molecule has 0 radical (unpaired) electrons. The maximum absolute atomic E-state index is 12.8. The highest BCUT2D eigenvalue weighted by Gasteiger charge is 2.14. The van der Waals surface area contributed by atoms with Gasteiger partial charge in [0.05, 0.1) is 45.1 Å². The number of rotatable bonds is 9. The van der Waals surface area contributed by atoms with Gasteiger partial charge in [0.1, 0.15) is 5.58 Å². The largest absolute Gasteiger partial charge is 1.00 e. The van der Waals surface area contributed by atoms with E-state index in [4.69, 9.17) is 4.42 Å². The number of halogens is 2. The van der Waals surface area contributed by atoms with Crippen molar-refractivity contribution in [3.05, 3.63) is 82.3 Å². The normalized spacial score (nSPS) is 11.5. The van der Waals surface area contributed by atoms with Crippen LogP contribution in [0.1, 0.15) is 31.4 Å². The Balaban J connectivity index is 0.00000241. The van der Waals surface area contributed by atoms with Crippen LogP contribution in [-0.4, -0.2) is 45.3 Å². The van der Waals surface area contributed by atoms with Crippen molar-refractivity contribution in [1.82, 2.24) is 0 Å². The summed E-state index contributed by atoms with van der Waals surface area (Å²) in [5.41, 5.74) is 4.21. The van der Waals surface area contributed by atoms with E-state index in [1.165, 1.54) is 10.9 Å². The number of quaternary nitrogens is 1. The minimum absolute atomic E-state index is 0. The second-order valence-electron chi connectivity index (χ2n) is 10.1. The van der Waals surface area contributed by atoms with Gasteiger partial charge in [-0.3, -0.25) is 0 Å². The fourth-order valence-corrected chi connectivity index (χ4v) is 4.56. The quantitative estimate of drug-likeness (QED) is 0.140. The molecule has 5 nitrogen and oxygen atoms in total. The molecule has 0 aliphatic heterocycles. The van der Waals surface area contributed by atoms with Crippen LogP contribution in [0.25, 0.3) is 34.0 Å². The number of nitrogens with zero attached hydrogens (tertiary/aromatic N) is 3. The Morgan fingerprint density at radius 3 is 2.32 bits per heavy atom. The first-order valence-electron chi connectivity index (χ1n) is 12.5. The van der Waals surface area contributed by atoms with Crippen molar-refractivity contribution in [2.45, 2.75) is 26.8 Å². The van der Waals surface area contributed by atoms with E-state index in [0.29, 0.717) is 11.1 Å². The molecule has 37 heavy (non-hydrogen) atoms. The van der Waals surface area contributed by atoms with Crippen LogP contribution in [0, 0.1) is 0 Å². The Kier molecular flexibility index (Phi) is 11.1. The zero-order valence-electron chi connectivity index (χ0n) is 22.4. The number of hydrogen-bond donors (Lipinski definition) is 0. The third kappa shape index (κ3) is 7.53. The lowest BCUT2D eigenvalue weighted by Gasteiger charge is -2.22. The molecule has 4 rings (SSSR count). The van der Waals surface area contributed by atoms with Gasteiger partial charge in [0, 0.05) is 42.4 Å². The number of benzene rings is 2. The predicted octanol–water partition coefficient (Wildman–Crippen LogP) is -0.645. The molecular formula is C30H37Br2N3O2. The summed E-state index contributed by atoms with van der Waals surface area (Å²) in [7, 11) is 6.68. The third-order valence-corrected chi connectivity index (χ3v) is 6.50. The molecule has 4 aromatic rings. The molecule has 0 unspecified atom stereocenters. The number of fused-ring (bicyclic) bond motifs is 2. The molecule has 2 aromatic carbocycles. The van der Waals surface area contributed by atoms with Crippen LogP contribution >= 0.6 is 0 Å². The van der Waals surface area contributed by atoms with Crippen molar-refractivity contribution in [3.63, 3.8) is 0 Å². The van der Waals surface area contributed by atoms with Gasteiger partial charge in [-0.15, -0.1) is 0 Å². The van der Waals surface area contributed by atoms with Gasteiger partial charge in [-0.25, -0.2) is 4.79 Å². The summed E-state index contributed by atoms with van der Waals surface area (Å²) < 4.78 is 8.98. The van der Waals surface area contributed by atoms with Gasteiger partial charge in [-0.1, -0.05) is 18.2 Å². The summed E-state index contributed by atoms with van der Waals surface area (Å²) in [6, 6.07) is 18.6. The molecule has 2 heterocycles. The standard InChI is InChI=1S/C30H37N3O2.2BrH/c1-6-31(7-2)26-16-15-24-21-25(30(34)35-29(24)22-26)14-13-23-17-19-32(18-10-20-33(3,4)5)28-12-9-8-11-27(23)28;;/h8-9,11-17,19,21-22H,6-7,10,18,20H2,1-5H3;2*1H/q+2;;/p-2. The minimum Gasteiger partial charge on any atom is -1.00 e. The zero-order chi connectivity index (χ0) is 25.0. The topological polar surface area (TPSA) is 37.3 Å². The predicted molar refractivity (Wildman–Crippen MR) is 147 cm³/mol. The van der Waals surface area contributed by atoms with Crippen LogP contribution < -0.4 is 49.1 Å². The Bertz CT molecular complexity index is 1420. The molecule has 0 spiro atoms. The SMILES string of the molecule is CCN(CC)c1ccc2cc(/C=C/c3cc[n+](CCC[N+](C)(C)C)c4ccccc34)c(=O)oc2c1.[Br-].[Br-]. The third-order valence-electron chi connectivity index (χ3n) is 6.50. The van der Waals surface area contributed by atoms with E-state index in [0.717, 1.165) is 53.7 Å². The molecule has 198 valence electrons. The van der Waals surface area contributed by atoms with Crippen LogP contribution in [0.15, 0.2) is 70.0 Å². The average Bonchev–Trinajstić information content (AvgIpc) is 2.83. The zero-order valence-corrected chi connectivity index (χ0v) is 25.5. The van der Waals surface area contributed by atoms with Crippen LogP contribution in [-0.2, 0) is 6.54 Å². The first-order valence-corrected chi connectivity index (χ1v) is 12.5. The van der Waals surface area contributed by atoms with E-state index in [1.54, 1.807) is 0 Å². The first kappa shape index (κ1) is 30.7. The molecule has 0 saturated heterocycles. The molecule has 7 heteroatoms. The van der Waals surface area contributed by atoms with Crippen molar-refractivity contribution in [2.24, 2.45) is 0 Å². The van der Waals surface area contributed by atoms with Crippen molar-refractivity contribution in [2.75, 3.05) is 45.7 Å². The Morgan fingerprint density at radius 2 is 1.62 bits per heavy atom. The highest BCUT2D eigenvalue weighted by molar-refractivity contribution is 5.89. The summed E-state index contributed by atoms with van der Waals surface area (Å²) in [4.78, 5) is 15.0. The lowest BCUT2D eigenvalue weighted by molar-refractivity contribution is -0.873. The van der Waals surface area contributed by atoms with E-state index >= 15 is 0 Å². The summed E-state index contributed by atoms with van der Waals surface area (Å²) in [5, 5.41) is 2.10. The number of hydrogen-bond acceptors (Lipinski definition) is 3. The number of aryl methyl sites for hydroxylation is 1. The van der Waals surface area contributed by atoms with Crippen LogP contribution in [0.4, 0.5) is 5.69 Å². The number of para-hydroxylation sites is 1. The van der Waals surface area contributed by atoms with E-state index in [-0.39, 0.29) is 39.6 Å². The van der Waals surface area contributed by atoms with Crippen LogP contribution in [0.3, 0.4) is 0 Å². The molecule has 0 atom stereocenters. The lowest BCUT2D eigenvalue weighted by Crippen LogP contribution is -3.00. The van der Waals surface area contributed by atoms with Crippen LogP contribution in [0.5, 0.6) is 0 Å². The van der Waals surface area contributed by atoms with Gasteiger partial charge in [0.15, 0.2) is 12.7 Å². The monoisotopic (exact) mass is 629 g/mol. The summed E-state index contributed by atoms with van der Waals surface area (Å²) in [6.07, 6.45) is 7.14.